The van der Waals surface area contributed by atoms with Gasteiger partial charge in [-0.25, -0.2) is 4.79 Å². The van der Waals surface area contributed by atoms with Gasteiger partial charge in [0.1, 0.15) is 36.9 Å². The van der Waals surface area contributed by atoms with Gasteiger partial charge in [0, 0.05) is 40.5 Å². The Balaban J connectivity index is 1.30. The molecule has 3 aliphatic heterocycles. The van der Waals surface area contributed by atoms with E-state index in [1.165, 1.54) is 24.3 Å². The van der Waals surface area contributed by atoms with Gasteiger partial charge in [-0.05, 0) is 68.9 Å². The number of ether oxygens (including phenoxy) is 4. The van der Waals surface area contributed by atoms with Crippen LogP contribution in [0.25, 0.3) is 0 Å². The van der Waals surface area contributed by atoms with Gasteiger partial charge < -0.3 is 39.8 Å². The highest BCUT2D eigenvalue weighted by Gasteiger charge is 2.53. The fourth-order valence-corrected chi connectivity index (χ4v) is 5.94. The van der Waals surface area contributed by atoms with E-state index < -0.39 is 11.6 Å². The van der Waals surface area contributed by atoms with Crippen molar-refractivity contribution < 1.29 is 34.0 Å². The first kappa shape index (κ1) is 26.4. The van der Waals surface area contributed by atoms with Crippen LogP contribution in [0, 0.1) is 0 Å². The van der Waals surface area contributed by atoms with Crippen molar-refractivity contribution in [1.82, 2.24) is 5.32 Å². The molecule has 0 saturated carbocycles. The number of phenols is 2. The lowest BCUT2D eigenvalue weighted by atomic mass is 9.77. The van der Waals surface area contributed by atoms with Crippen molar-refractivity contribution in [2.24, 2.45) is 0 Å². The summed E-state index contributed by atoms with van der Waals surface area (Å²) in [5.41, 5.74) is 1.43. The summed E-state index contributed by atoms with van der Waals surface area (Å²) in [6.07, 6.45) is 0.768. The van der Waals surface area contributed by atoms with Crippen molar-refractivity contribution in [3.63, 3.8) is 0 Å². The fraction of sp³-hybridized carbons (Fsp3) is 0.310. The molecule has 0 bridgehead atoms. The van der Waals surface area contributed by atoms with Crippen LogP contribution >= 0.6 is 12.2 Å². The average Bonchev–Trinajstić information content (AvgIpc) is 3.38. The van der Waals surface area contributed by atoms with Crippen molar-refractivity contribution in [3.05, 3.63) is 76.9 Å². The normalized spacial score (nSPS) is 21.8. The Labute approximate surface area is 237 Å². The molecule has 0 aromatic heterocycles. The average molecular weight is 560 g/mol. The quantitative estimate of drug-likeness (QED) is 0.210. The van der Waals surface area contributed by atoms with Crippen LogP contribution in [0.4, 0.5) is 5.69 Å². The first-order chi connectivity index (χ1) is 19.1. The third kappa shape index (κ3) is 4.53. The number of carbonyl (C=O) groups is 1. The number of hydrogen-bond donors (Lipinski definition) is 4. The molecule has 1 spiro atoms. The highest BCUT2D eigenvalue weighted by atomic mass is 32.1. The summed E-state index contributed by atoms with van der Waals surface area (Å²) in [7, 11) is 2.03. The van der Waals surface area contributed by atoms with Gasteiger partial charge in [-0.3, -0.25) is 0 Å². The van der Waals surface area contributed by atoms with E-state index in [1.807, 2.05) is 33.8 Å². The first-order valence-electron chi connectivity index (χ1n) is 13.2. The van der Waals surface area contributed by atoms with E-state index in [0.717, 1.165) is 6.42 Å². The Hall–Kier alpha value is -3.80. The molecule has 11 heteroatoms. The molecule has 4 N–H and O–H groups in total. The smallest absolute Gasteiger partial charge is 0.340 e. The zero-order chi connectivity index (χ0) is 28.2. The van der Waals surface area contributed by atoms with E-state index in [0.29, 0.717) is 51.2 Å². The summed E-state index contributed by atoms with van der Waals surface area (Å²) in [5, 5.41) is 27.1. The van der Waals surface area contributed by atoms with Crippen LogP contribution in [-0.2, 0) is 19.8 Å². The van der Waals surface area contributed by atoms with Gasteiger partial charge >= 0.3 is 5.97 Å². The van der Waals surface area contributed by atoms with E-state index in [1.54, 1.807) is 18.2 Å². The van der Waals surface area contributed by atoms with Crippen molar-refractivity contribution in [2.45, 2.75) is 50.1 Å². The molecule has 3 aliphatic rings. The number of esters is 1. The lowest BCUT2D eigenvalue weighted by Gasteiger charge is -2.36. The Kier molecular flexibility index (Phi) is 6.60. The van der Waals surface area contributed by atoms with Crippen molar-refractivity contribution in [1.29, 1.82) is 0 Å². The van der Waals surface area contributed by atoms with Gasteiger partial charge in [0.25, 0.3) is 0 Å². The highest BCUT2D eigenvalue weighted by Crippen LogP contribution is 2.57. The van der Waals surface area contributed by atoms with Crippen LogP contribution in [-0.4, -0.2) is 60.0 Å². The summed E-state index contributed by atoms with van der Waals surface area (Å²) >= 11 is 5.61. The van der Waals surface area contributed by atoms with Crippen LogP contribution < -0.4 is 15.4 Å². The summed E-state index contributed by atoms with van der Waals surface area (Å²) in [6.45, 7) is 4.44. The molecule has 40 heavy (non-hydrogen) atoms. The summed E-state index contributed by atoms with van der Waals surface area (Å²) in [6, 6.07) is 14.8. The second-order valence-electron chi connectivity index (χ2n) is 10.6. The molecule has 3 atom stereocenters. The molecule has 0 amide bonds. The van der Waals surface area contributed by atoms with Gasteiger partial charge in [-0.15, -0.1) is 0 Å². The first-order valence-corrected chi connectivity index (χ1v) is 13.6. The lowest BCUT2D eigenvalue weighted by molar-refractivity contribution is -0.0208. The lowest BCUT2D eigenvalue weighted by Crippen LogP contribution is -2.44. The highest BCUT2D eigenvalue weighted by molar-refractivity contribution is 7.80. The van der Waals surface area contributed by atoms with Gasteiger partial charge in [0.2, 0.25) is 0 Å². The molecular weight excluding hydrogens is 531 g/mol. The number of nitrogens with one attached hydrogen (secondary N) is 2. The number of carbonyl (C=O) groups excluding carboxylic acids is 1. The molecule has 3 aromatic carbocycles. The zero-order valence-electron chi connectivity index (χ0n) is 22.3. The molecule has 1 fully saturated rings. The number of rotatable bonds is 5. The van der Waals surface area contributed by atoms with Crippen LogP contribution in [0.5, 0.6) is 23.0 Å². The number of benzene rings is 3. The molecule has 6 rings (SSSR count). The Morgan fingerprint density at radius 2 is 1.73 bits per heavy atom. The number of hydrogen-bond acceptors (Lipinski definition) is 8. The molecule has 3 aromatic rings. The largest absolute Gasteiger partial charge is 0.508 e. The maximum Gasteiger partial charge on any atom is 0.340 e. The molecule has 1 saturated heterocycles. The second-order valence-corrected chi connectivity index (χ2v) is 11.0. The molecule has 0 aliphatic carbocycles. The van der Waals surface area contributed by atoms with Crippen molar-refractivity contribution in [2.75, 3.05) is 11.9 Å². The molecular formula is C29H29BN2O7S. The SMILES string of the molecule is B[C@H]1CC(NC(=S)Nc2ccc3c(c2)C(=O)OC32c3ccc(O)cc3Oc3cc(O)ccc32)[C@@H](COC(C)C)O1. The van der Waals surface area contributed by atoms with Gasteiger partial charge in [0.15, 0.2) is 10.7 Å². The summed E-state index contributed by atoms with van der Waals surface area (Å²) < 4.78 is 23.9. The van der Waals surface area contributed by atoms with E-state index in [4.69, 9.17) is 31.2 Å². The third-order valence-corrected chi connectivity index (χ3v) is 7.60. The van der Waals surface area contributed by atoms with Crippen LogP contribution in [0.1, 0.15) is 47.3 Å². The third-order valence-electron chi connectivity index (χ3n) is 7.38. The predicted octanol–water partition coefficient (Wildman–Crippen LogP) is 3.49. The molecule has 3 heterocycles. The fourth-order valence-electron chi connectivity index (χ4n) is 5.67. The maximum absolute atomic E-state index is 13.3. The van der Waals surface area contributed by atoms with Gasteiger partial charge in [-0.1, -0.05) is 6.07 Å². The number of fused-ring (bicyclic) bond motifs is 6. The van der Waals surface area contributed by atoms with E-state index in [2.05, 4.69) is 10.6 Å². The van der Waals surface area contributed by atoms with E-state index >= 15 is 0 Å². The van der Waals surface area contributed by atoms with Gasteiger partial charge in [0.05, 0.1) is 24.3 Å². The monoisotopic (exact) mass is 560 g/mol. The molecule has 1 unspecified atom stereocenters. The molecule has 0 radical (unpaired) electrons. The predicted molar refractivity (Wildman–Crippen MR) is 154 cm³/mol. The number of thiocarbonyl (C=S) groups is 1. The second kappa shape index (κ2) is 9.99. The summed E-state index contributed by atoms with van der Waals surface area (Å²) in [5.74, 6) is 0.150. The number of aromatic hydroxyl groups is 2. The Bertz CT molecular complexity index is 1460. The topological polar surface area (TPSA) is 119 Å². The van der Waals surface area contributed by atoms with Crippen LogP contribution in [0.2, 0.25) is 0 Å². The van der Waals surface area contributed by atoms with E-state index in [9.17, 15) is 15.0 Å². The molecule has 9 nitrogen and oxygen atoms in total. The maximum atomic E-state index is 13.3. The minimum absolute atomic E-state index is 0.00248. The summed E-state index contributed by atoms with van der Waals surface area (Å²) in [4.78, 5) is 13.3. The van der Waals surface area contributed by atoms with Gasteiger partial charge in [-0.2, -0.15) is 0 Å². The zero-order valence-corrected chi connectivity index (χ0v) is 23.1. The van der Waals surface area contributed by atoms with Crippen molar-refractivity contribution >= 4 is 36.8 Å². The van der Waals surface area contributed by atoms with E-state index in [-0.39, 0.29) is 35.8 Å². The number of anilines is 1. The Morgan fingerprint density at radius 3 is 2.38 bits per heavy atom. The van der Waals surface area contributed by atoms with Crippen LogP contribution in [0.3, 0.4) is 0 Å². The van der Waals surface area contributed by atoms with Crippen LogP contribution in [0.15, 0.2) is 54.6 Å². The number of phenolic OH excluding ortho intramolecular Hbond substituents is 2. The van der Waals surface area contributed by atoms with Crippen molar-refractivity contribution in [3.8, 4) is 23.0 Å². The minimum Gasteiger partial charge on any atom is -0.508 e. The minimum atomic E-state index is -1.31. The Morgan fingerprint density at radius 1 is 1.07 bits per heavy atom. The molecule has 206 valence electrons. The standard InChI is InChI=1S/C29H29BN2O7S/c1-14(2)36-13-25-22(12-26(30)38-25)32-28(40)31-15-3-6-19-18(9-15)27(35)39-29(19)20-7-4-16(33)10-23(20)37-24-11-17(34)5-8-21(24)29/h3-11,14,22,25-26,33-34H,12-13,30H2,1-2H3,(H2,31,32,40)/t22?,25-,26-/m1/s1.